The average molecular weight is 224 g/mol. The third kappa shape index (κ3) is 2.26. The van der Waals surface area contributed by atoms with Gasteiger partial charge in [-0.15, -0.1) is 0 Å². The molecule has 5 heteroatoms. The van der Waals surface area contributed by atoms with Crippen molar-refractivity contribution in [1.82, 2.24) is 9.97 Å². The Morgan fingerprint density at radius 2 is 2.06 bits per heavy atom. The van der Waals surface area contributed by atoms with Crippen molar-refractivity contribution >= 4 is 23.1 Å². The van der Waals surface area contributed by atoms with E-state index in [1.165, 1.54) is 12.3 Å². The van der Waals surface area contributed by atoms with Crippen molar-refractivity contribution < 1.29 is 9.90 Å². The fraction of sp³-hybridized carbons (Fsp3) is 0. The number of aromatic nitrogens is 2. The highest BCUT2D eigenvalue weighted by atomic mass is 16.4. The molecule has 0 fully saturated rings. The molecule has 0 bridgehead atoms. The molecule has 1 aromatic carbocycles. The molecule has 2 aromatic rings. The molecule has 0 saturated heterocycles. The predicted molar refractivity (Wildman–Crippen MR) is 58.1 cm³/mol. The first-order valence-electron chi connectivity index (χ1n) is 4.75. The molecule has 0 aliphatic heterocycles. The molecular weight excluding hydrogens is 218 g/mol. The monoisotopic (exact) mass is 224 g/mol. The number of nitriles is 1. The van der Waals surface area contributed by atoms with Crippen LogP contribution in [-0.2, 0) is 4.79 Å². The zero-order valence-electron chi connectivity index (χ0n) is 8.62. The molecule has 0 aliphatic carbocycles. The van der Waals surface area contributed by atoms with Gasteiger partial charge in [-0.25, -0.2) is 4.98 Å². The molecule has 2 rings (SSSR count). The molecule has 0 radical (unpaired) electrons. The van der Waals surface area contributed by atoms with Gasteiger partial charge in [0.2, 0.25) is 0 Å². The van der Waals surface area contributed by atoms with Crippen molar-refractivity contribution in [2.75, 3.05) is 0 Å². The van der Waals surface area contributed by atoms with Crippen LogP contribution in [0.25, 0.3) is 17.1 Å². The van der Waals surface area contributed by atoms with Crippen LogP contribution in [-0.4, -0.2) is 15.9 Å². The fourth-order valence-electron chi connectivity index (χ4n) is 1.33. The Kier molecular flexibility index (Phi) is 2.79. The zero-order chi connectivity index (χ0) is 12.3. The van der Waals surface area contributed by atoms with E-state index in [1.807, 2.05) is 6.07 Å². The minimum atomic E-state index is -1.53. The number of hydrogen-bond acceptors (Lipinski definition) is 5. The average Bonchev–Trinajstić information content (AvgIpc) is 2.35. The highest BCUT2D eigenvalue weighted by Crippen LogP contribution is 2.10. The third-order valence-electron chi connectivity index (χ3n) is 2.10. The number of rotatable bonds is 2. The van der Waals surface area contributed by atoms with Gasteiger partial charge in [-0.05, 0) is 18.2 Å². The van der Waals surface area contributed by atoms with Crippen molar-refractivity contribution in [3.8, 4) is 6.07 Å². The summed E-state index contributed by atoms with van der Waals surface area (Å²) >= 11 is 0. The molecule has 1 heterocycles. The lowest BCUT2D eigenvalue weighted by Crippen LogP contribution is -2.23. The lowest BCUT2D eigenvalue weighted by Gasteiger charge is -2.00. The van der Waals surface area contributed by atoms with Crippen LogP contribution in [0.3, 0.4) is 0 Å². The van der Waals surface area contributed by atoms with Crippen molar-refractivity contribution in [3.05, 3.63) is 41.7 Å². The van der Waals surface area contributed by atoms with Crippen molar-refractivity contribution in [1.29, 1.82) is 5.26 Å². The molecule has 0 aliphatic rings. The maximum Gasteiger partial charge on any atom is 0.101 e. The second-order valence-corrected chi connectivity index (χ2v) is 3.24. The molecule has 1 aromatic heterocycles. The first-order chi connectivity index (χ1) is 8.20. The van der Waals surface area contributed by atoms with Crippen LogP contribution in [0.1, 0.15) is 5.69 Å². The number of carbonyl (C=O) groups is 1. The normalized spacial score (nSPS) is 11.1. The van der Waals surface area contributed by atoms with Crippen LogP contribution in [0.15, 0.2) is 36.0 Å². The summed E-state index contributed by atoms with van der Waals surface area (Å²) in [6.45, 7) is 0. The maximum absolute atomic E-state index is 10.5. The Morgan fingerprint density at radius 3 is 2.71 bits per heavy atom. The molecule has 0 amide bonds. The van der Waals surface area contributed by atoms with E-state index >= 15 is 0 Å². The Balaban J connectivity index is 2.51. The second-order valence-electron chi connectivity index (χ2n) is 3.24. The van der Waals surface area contributed by atoms with Crippen LogP contribution in [0.2, 0.25) is 0 Å². The number of aliphatic carboxylic acids is 1. The molecule has 0 spiro atoms. The summed E-state index contributed by atoms with van der Waals surface area (Å²) in [4.78, 5) is 18.8. The zero-order valence-corrected chi connectivity index (χ0v) is 8.62. The molecule has 0 unspecified atom stereocenters. The smallest absolute Gasteiger partial charge is 0.101 e. The lowest BCUT2D eigenvalue weighted by molar-refractivity contribution is -0.298. The van der Waals surface area contributed by atoms with Gasteiger partial charge in [0, 0.05) is 0 Å². The summed E-state index contributed by atoms with van der Waals surface area (Å²) in [6, 6.07) is 8.70. The van der Waals surface area contributed by atoms with Crippen molar-refractivity contribution in [2.24, 2.45) is 0 Å². The Morgan fingerprint density at radius 1 is 1.35 bits per heavy atom. The number of nitrogens with zero attached hydrogens (tertiary/aromatic N) is 3. The summed E-state index contributed by atoms with van der Waals surface area (Å²) in [5.41, 5.74) is 1.17. The SMILES string of the molecule is N#C/C(=C\c1cnc2ccccc2n1)C(=O)[O-]. The number of benzene rings is 1. The number of carboxylic acid groups (broad SMARTS) is 1. The lowest BCUT2D eigenvalue weighted by atomic mass is 10.2. The number of carbonyl (C=O) groups excluding carboxylic acids is 1. The largest absolute Gasteiger partial charge is 0.544 e. The van der Waals surface area contributed by atoms with E-state index in [1.54, 1.807) is 18.2 Å². The van der Waals surface area contributed by atoms with E-state index in [9.17, 15) is 9.90 Å². The van der Waals surface area contributed by atoms with Gasteiger partial charge in [0.1, 0.15) is 6.07 Å². The van der Waals surface area contributed by atoms with E-state index < -0.39 is 11.5 Å². The quantitative estimate of drug-likeness (QED) is 0.540. The van der Waals surface area contributed by atoms with E-state index in [-0.39, 0.29) is 0 Å². The molecular formula is C12H6N3O2-. The standard InChI is InChI=1S/C12H7N3O2/c13-6-8(12(16)17)5-9-7-14-10-3-1-2-4-11(10)15-9/h1-5,7H,(H,16,17)/p-1/b8-5+. The summed E-state index contributed by atoms with van der Waals surface area (Å²) in [5.74, 6) is -1.53. The van der Waals surface area contributed by atoms with E-state index in [2.05, 4.69) is 9.97 Å². The topological polar surface area (TPSA) is 89.7 Å². The van der Waals surface area contributed by atoms with Crippen molar-refractivity contribution in [3.63, 3.8) is 0 Å². The second kappa shape index (κ2) is 4.41. The summed E-state index contributed by atoms with van der Waals surface area (Å²) in [5, 5.41) is 19.1. The Bertz CT molecular complexity index is 656. The Labute approximate surface area is 96.7 Å². The minimum absolute atomic E-state index is 0.310. The van der Waals surface area contributed by atoms with E-state index in [4.69, 9.17) is 5.26 Å². The number of para-hydroxylation sites is 2. The first kappa shape index (κ1) is 10.8. The molecule has 0 saturated carbocycles. The Hall–Kier alpha value is -2.74. The molecule has 82 valence electrons. The van der Waals surface area contributed by atoms with Gasteiger partial charge in [0.15, 0.2) is 0 Å². The molecule has 0 N–H and O–H groups in total. The van der Waals surface area contributed by atoms with Crippen LogP contribution in [0.4, 0.5) is 0 Å². The van der Waals surface area contributed by atoms with Gasteiger partial charge in [-0.2, -0.15) is 5.26 Å². The van der Waals surface area contributed by atoms with E-state index in [0.29, 0.717) is 16.7 Å². The minimum Gasteiger partial charge on any atom is -0.544 e. The number of carboxylic acids is 1. The van der Waals surface area contributed by atoms with Crippen molar-refractivity contribution in [2.45, 2.75) is 0 Å². The van der Waals surface area contributed by atoms with Gasteiger partial charge >= 0.3 is 0 Å². The summed E-state index contributed by atoms with van der Waals surface area (Å²) < 4.78 is 0. The molecule has 5 nitrogen and oxygen atoms in total. The fourth-order valence-corrected chi connectivity index (χ4v) is 1.33. The molecule has 0 atom stereocenters. The van der Waals surface area contributed by atoms with Crippen LogP contribution in [0, 0.1) is 11.3 Å². The molecule has 17 heavy (non-hydrogen) atoms. The highest BCUT2D eigenvalue weighted by molar-refractivity contribution is 5.94. The van der Waals surface area contributed by atoms with E-state index in [0.717, 1.165) is 6.08 Å². The highest BCUT2D eigenvalue weighted by Gasteiger charge is 2.00. The third-order valence-corrected chi connectivity index (χ3v) is 2.10. The van der Waals surface area contributed by atoms with Gasteiger partial charge in [-0.1, -0.05) is 12.1 Å². The van der Waals surface area contributed by atoms with Crippen LogP contribution in [0.5, 0.6) is 0 Å². The predicted octanol–water partition coefficient (Wildman–Crippen LogP) is 0.287. The maximum atomic E-state index is 10.5. The van der Waals surface area contributed by atoms with Gasteiger partial charge in [-0.3, -0.25) is 4.98 Å². The van der Waals surface area contributed by atoms with Gasteiger partial charge in [0.05, 0.1) is 34.5 Å². The number of fused-ring (bicyclic) bond motifs is 1. The van der Waals surface area contributed by atoms with Gasteiger partial charge in [0.25, 0.3) is 0 Å². The van der Waals surface area contributed by atoms with Crippen LogP contribution < -0.4 is 5.11 Å². The summed E-state index contributed by atoms with van der Waals surface area (Å²) in [6.07, 6.45) is 2.54. The number of hydrogen-bond donors (Lipinski definition) is 0. The van der Waals surface area contributed by atoms with Crippen LogP contribution >= 0.6 is 0 Å². The first-order valence-corrected chi connectivity index (χ1v) is 4.75. The summed E-state index contributed by atoms with van der Waals surface area (Å²) in [7, 11) is 0. The van der Waals surface area contributed by atoms with Gasteiger partial charge < -0.3 is 9.90 Å².